The lowest BCUT2D eigenvalue weighted by Crippen LogP contribution is -2.41. The Morgan fingerprint density at radius 3 is 2.42 bits per heavy atom. The quantitative estimate of drug-likeness (QED) is 0.259. The molecule has 166 valence electrons. The van der Waals surface area contributed by atoms with Crippen LogP contribution in [0.3, 0.4) is 0 Å². The minimum absolute atomic E-state index is 0.0913. The van der Waals surface area contributed by atoms with E-state index in [1.165, 1.54) is 40.8 Å². The molecule has 3 heteroatoms. The largest absolute Gasteiger partial charge is 0.453 e. The highest BCUT2D eigenvalue weighted by Crippen LogP contribution is 2.50. The Hall–Kier alpha value is -3.20. The van der Waals surface area contributed by atoms with Gasteiger partial charge in [-0.05, 0) is 53.9 Å². The van der Waals surface area contributed by atoms with Gasteiger partial charge in [0.15, 0.2) is 11.8 Å². The number of pyridine rings is 2. The number of fused-ring (bicyclic) bond motifs is 6. The number of hydrogen-bond acceptors (Lipinski definition) is 2. The number of benzene rings is 2. The summed E-state index contributed by atoms with van der Waals surface area (Å²) >= 11 is 0. The molecule has 5 aromatic rings. The highest BCUT2D eigenvalue weighted by molar-refractivity contribution is 6.16. The van der Waals surface area contributed by atoms with Crippen LogP contribution in [0.25, 0.3) is 44.1 Å². The summed E-state index contributed by atoms with van der Waals surface area (Å²) in [6.07, 6.45) is 6.45. The van der Waals surface area contributed by atoms with Crippen molar-refractivity contribution in [3.63, 3.8) is 0 Å². The molecule has 0 atom stereocenters. The van der Waals surface area contributed by atoms with Gasteiger partial charge in [-0.15, -0.1) is 0 Å². The van der Waals surface area contributed by atoms with Crippen LogP contribution in [0.4, 0.5) is 0 Å². The highest BCUT2D eigenvalue weighted by Gasteiger charge is 2.43. The summed E-state index contributed by atoms with van der Waals surface area (Å²) in [5, 5.41) is 3.39. The summed E-state index contributed by atoms with van der Waals surface area (Å²) in [4.78, 5) is 4.66. The Bertz CT molecular complexity index is 1590. The predicted octanol–water partition coefficient (Wildman–Crippen LogP) is 7.28. The van der Waals surface area contributed by atoms with E-state index in [1.54, 1.807) is 0 Å². The molecule has 3 nitrogen and oxygen atoms in total. The van der Waals surface area contributed by atoms with Crippen LogP contribution in [0.1, 0.15) is 57.2 Å². The molecule has 6 rings (SSSR count). The maximum atomic E-state index is 6.72. The van der Waals surface area contributed by atoms with E-state index >= 15 is 0 Å². The van der Waals surface area contributed by atoms with Gasteiger partial charge in [-0.1, -0.05) is 52.0 Å². The maximum Gasteiger partial charge on any atom is 0.220 e. The number of nitrogens with zero attached hydrogens (tertiary/aromatic N) is 2. The SMILES string of the molecule is Cc1ccc2c(oc3c2ccc2cccnc23)c1-c1c2c(cc[n+]1C)C(C)(C)CCC2(C)C. The Kier molecular flexibility index (Phi) is 4.12. The first-order valence-electron chi connectivity index (χ1n) is 11.9. The molecule has 0 spiro atoms. The highest BCUT2D eigenvalue weighted by atomic mass is 16.3. The first-order valence-corrected chi connectivity index (χ1v) is 11.9. The number of aromatic nitrogens is 2. The third-order valence-electron chi connectivity index (χ3n) is 7.93. The molecule has 0 amide bonds. The molecule has 0 saturated carbocycles. The minimum atomic E-state index is 0.0913. The zero-order valence-corrected chi connectivity index (χ0v) is 20.4. The molecule has 0 fully saturated rings. The molecule has 2 aromatic carbocycles. The van der Waals surface area contributed by atoms with E-state index in [0.29, 0.717) is 0 Å². The molecule has 0 radical (unpaired) electrons. The molecular weight excluding hydrogens is 404 g/mol. The van der Waals surface area contributed by atoms with Crippen LogP contribution < -0.4 is 4.57 Å². The summed E-state index contributed by atoms with van der Waals surface area (Å²) in [6, 6.07) is 15.2. The molecule has 1 aliphatic rings. The van der Waals surface area contributed by atoms with Crippen molar-refractivity contribution in [2.75, 3.05) is 0 Å². The molecule has 0 N–H and O–H groups in total. The number of furan rings is 1. The fourth-order valence-electron chi connectivity index (χ4n) is 5.91. The maximum absolute atomic E-state index is 6.72. The van der Waals surface area contributed by atoms with E-state index in [0.717, 1.165) is 32.8 Å². The van der Waals surface area contributed by atoms with Crippen molar-refractivity contribution in [1.82, 2.24) is 4.98 Å². The van der Waals surface area contributed by atoms with Crippen LogP contribution >= 0.6 is 0 Å². The van der Waals surface area contributed by atoms with Crippen molar-refractivity contribution >= 4 is 32.8 Å². The zero-order valence-electron chi connectivity index (χ0n) is 20.4. The van der Waals surface area contributed by atoms with Crippen molar-refractivity contribution in [1.29, 1.82) is 0 Å². The van der Waals surface area contributed by atoms with E-state index < -0.39 is 0 Å². The van der Waals surface area contributed by atoms with Crippen molar-refractivity contribution in [3.8, 4) is 11.3 Å². The minimum Gasteiger partial charge on any atom is -0.453 e. The molecule has 0 bridgehead atoms. The van der Waals surface area contributed by atoms with Crippen LogP contribution in [0.15, 0.2) is 59.3 Å². The van der Waals surface area contributed by atoms with E-state index in [-0.39, 0.29) is 10.8 Å². The lowest BCUT2D eigenvalue weighted by Gasteiger charge is -2.41. The Balaban J connectivity index is 1.78. The number of rotatable bonds is 1. The van der Waals surface area contributed by atoms with Crippen LogP contribution in [0.2, 0.25) is 0 Å². The molecule has 3 aromatic heterocycles. The monoisotopic (exact) mass is 435 g/mol. The van der Waals surface area contributed by atoms with Crippen LogP contribution in [-0.2, 0) is 17.9 Å². The van der Waals surface area contributed by atoms with E-state index in [1.807, 2.05) is 12.3 Å². The van der Waals surface area contributed by atoms with Crippen molar-refractivity contribution < 1.29 is 8.98 Å². The Labute approximate surface area is 195 Å². The third-order valence-corrected chi connectivity index (χ3v) is 7.93. The molecule has 3 heterocycles. The van der Waals surface area contributed by atoms with Gasteiger partial charge in [0.05, 0.1) is 5.56 Å². The average Bonchev–Trinajstić information content (AvgIpc) is 3.16. The molecule has 1 aliphatic carbocycles. The third kappa shape index (κ3) is 2.81. The lowest BCUT2D eigenvalue weighted by molar-refractivity contribution is -0.661. The summed E-state index contributed by atoms with van der Waals surface area (Å²) in [7, 11) is 2.17. The normalized spacial score (nSPS) is 17.0. The second-order valence-electron chi connectivity index (χ2n) is 11.1. The molecule has 0 saturated heterocycles. The zero-order chi connectivity index (χ0) is 23.1. The second kappa shape index (κ2) is 6.66. The summed E-state index contributed by atoms with van der Waals surface area (Å²) in [5.41, 5.74) is 9.67. The van der Waals surface area contributed by atoms with E-state index in [4.69, 9.17) is 4.42 Å². The van der Waals surface area contributed by atoms with Gasteiger partial charge < -0.3 is 4.42 Å². The second-order valence-corrected chi connectivity index (χ2v) is 11.1. The van der Waals surface area contributed by atoms with Crippen LogP contribution in [-0.4, -0.2) is 4.98 Å². The predicted molar refractivity (Wildman–Crippen MR) is 136 cm³/mol. The molecule has 33 heavy (non-hydrogen) atoms. The van der Waals surface area contributed by atoms with Crippen LogP contribution in [0.5, 0.6) is 0 Å². The van der Waals surface area contributed by atoms with Crippen molar-refractivity contribution in [3.05, 3.63) is 71.5 Å². The van der Waals surface area contributed by atoms with Gasteiger partial charge in [0.25, 0.3) is 0 Å². The van der Waals surface area contributed by atoms with Gasteiger partial charge in [0, 0.05) is 34.0 Å². The molecule has 0 aliphatic heterocycles. The van der Waals surface area contributed by atoms with Crippen molar-refractivity contribution in [2.45, 2.75) is 58.3 Å². The summed E-state index contributed by atoms with van der Waals surface area (Å²) in [5.74, 6) is 0. The number of hydrogen-bond donors (Lipinski definition) is 0. The first-order chi connectivity index (χ1) is 15.7. The fraction of sp³-hybridized carbons (Fsp3) is 0.333. The fourth-order valence-corrected chi connectivity index (χ4v) is 5.91. The summed E-state index contributed by atoms with van der Waals surface area (Å²) < 4.78 is 9.02. The van der Waals surface area contributed by atoms with Gasteiger partial charge in [-0.2, -0.15) is 0 Å². The topological polar surface area (TPSA) is 29.9 Å². The van der Waals surface area contributed by atoms with Gasteiger partial charge in [-0.25, -0.2) is 4.57 Å². The Morgan fingerprint density at radius 1 is 0.879 bits per heavy atom. The number of aryl methyl sites for hydroxylation is 2. The average molecular weight is 436 g/mol. The van der Waals surface area contributed by atoms with Crippen LogP contribution in [0, 0.1) is 6.92 Å². The van der Waals surface area contributed by atoms with Gasteiger partial charge >= 0.3 is 0 Å². The van der Waals surface area contributed by atoms with E-state index in [2.05, 4.69) is 93.8 Å². The summed E-state index contributed by atoms with van der Waals surface area (Å²) in [6.45, 7) is 11.8. The molecule has 0 unspecified atom stereocenters. The van der Waals surface area contributed by atoms with E-state index in [9.17, 15) is 0 Å². The first kappa shape index (κ1) is 20.4. The standard InChI is InChI=1S/C30H31N2O/c1-18-9-11-20-21-12-10-19-8-7-16-31-25(19)28(21)33-27(20)23(18)26-24-22(13-17-32(26)6)29(2,3)14-15-30(24,4)5/h7-13,16-17H,14-15H2,1-6H3/q+1. The van der Waals surface area contributed by atoms with Gasteiger partial charge in [0.2, 0.25) is 5.69 Å². The molecular formula is C30H31N2O+. The van der Waals surface area contributed by atoms with Gasteiger partial charge in [0.1, 0.15) is 18.1 Å². The van der Waals surface area contributed by atoms with Gasteiger partial charge in [-0.3, -0.25) is 4.98 Å². The Morgan fingerprint density at radius 2 is 1.61 bits per heavy atom. The smallest absolute Gasteiger partial charge is 0.220 e. The lowest BCUT2D eigenvalue weighted by atomic mass is 9.62. The van der Waals surface area contributed by atoms with Crippen molar-refractivity contribution in [2.24, 2.45) is 7.05 Å².